The third-order valence-electron chi connectivity index (χ3n) is 3.63. The van der Waals surface area contributed by atoms with Gasteiger partial charge in [0.05, 0.1) is 10.7 Å². The molecule has 25 heavy (non-hydrogen) atoms. The van der Waals surface area contributed by atoms with Gasteiger partial charge in [0.2, 0.25) is 5.95 Å². The number of nitriles is 1. The minimum Gasteiger partial charge on any atom is -0.354 e. The van der Waals surface area contributed by atoms with Gasteiger partial charge in [-0.15, -0.1) is 0 Å². The molecular weight excluding hydrogens is 332 g/mol. The predicted molar refractivity (Wildman–Crippen MR) is 100 cm³/mol. The minimum absolute atomic E-state index is 0.519. The van der Waals surface area contributed by atoms with E-state index in [2.05, 4.69) is 31.7 Å². The third kappa shape index (κ3) is 4.17. The summed E-state index contributed by atoms with van der Waals surface area (Å²) in [6.45, 7) is 4.57. The van der Waals surface area contributed by atoms with Gasteiger partial charge < -0.3 is 10.6 Å². The fourth-order valence-corrected chi connectivity index (χ4v) is 3.20. The van der Waals surface area contributed by atoms with Crippen LogP contribution in [0.5, 0.6) is 0 Å². The van der Waals surface area contributed by atoms with Crippen LogP contribution in [0.2, 0.25) is 0 Å². The van der Waals surface area contributed by atoms with Gasteiger partial charge in [0, 0.05) is 30.8 Å². The lowest BCUT2D eigenvalue weighted by molar-refractivity contribution is 0.966. The molecule has 0 radical (unpaired) electrons. The second-order valence-electron chi connectivity index (χ2n) is 5.62. The molecule has 0 amide bonds. The molecule has 2 aromatic rings. The average molecular weight is 350 g/mol. The van der Waals surface area contributed by atoms with Gasteiger partial charge in [-0.05, 0) is 42.9 Å². The third-order valence-corrected chi connectivity index (χ3v) is 4.64. The van der Waals surface area contributed by atoms with Crippen molar-refractivity contribution < 1.29 is 0 Å². The second-order valence-corrected chi connectivity index (χ2v) is 6.50. The van der Waals surface area contributed by atoms with Crippen LogP contribution in [0.1, 0.15) is 23.7 Å². The van der Waals surface area contributed by atoms with Gasteiger partial charge in [-0.25, -0.2) is 9.97 Å². The van der Waals surface area contributed by atoms with Crippen LogP contribution in [0.25, 0.3) is 5.57 Å². The Hall–Kier alpha value is -2.85. The summed E-state index contributed by atoms with van der Waals surface area (Å²) in [5.41, 5.74) is 4.23. The molecule has 0 spiro atoms. The second kappa shape index (κ2) is 7.81. The maximum absolute atomic E-state index is 9.59. The predicted octanol–water partition coefficient (Wildman–Crippen LogP) is 3.22. The number of anilines is 1. The molecule has 2 aromatic heterocycles. The molecule has 2 N–H and O–H groups in total. The van der Waals surface area contributed by atoms with Gasteiger partial charge >= 0.3 is 0 Å². The van der Waals surface area contributed by atoms with Gasteiger partial charge in [0.15, 0.2) is 0 Å². The number of aryl methyl sites for hydroxylation is 1. The van der Waals surface area contributed by atoms with Gasteiger partial charge in [0.1, 0.15) is 11.6 Å². The standard InChI is InChI=1S/C18H18N6S/c1-12-9-22-18(21-7-5-14-4-3-6-20-10-14)24-16(12)15(8-19)17-23-13(2)11-25-17/h3-4,6,9-11,23H,5,7H2,1-2H3,(H,21,22,24). The van der Waals surface area contributed by atoms with Gasteiger partial charge in [-0.1, -0.05) is 17.8 Å². The lowest BCUT2D eigenvalue weighted by Crippen LogP contribution is -2.11. The van der Waals surface area contributed by atoms with Crippen molar-refractivity contribution in [2.75, 3.05) is 11.9 Å². The van der Waals surface area contributed by atoms with Crippen LogP contribution >= 0.6 is 11.8 Å². The first kappa shape index (κ1) is 17.0. The van der Waals surface area contributed by atoms with E-state index in [0.29, 0.717) is 23.8 Å². The summed E-state index contributed by atoms with van der Waals surface area (Å²) in [6, 6.07) is 6.22. The summed E-state index contributed by atoms with van der Waals surface area (Å²) in [5.74, 6) is 0.519. The summed E-state index contributed by atoms with van der Waals surface area (Å²) < 4.78 is 0. The fourth-order valence-electron chi connectivity index (χ4n) is 2.36. The summed E-state index contributed by atoms with van der Waals surface area (Å²) in [7, 11) is 0. The molecule has 3 rings (SSSR count). The van der Waals surface area contributed by atoms with Gasteiger partial charge in [0.25, 0.3) is 0 Å². The van der Waals surface area contributed by atoms with E-state index in [4.69, 9.17) is 0 Å². The van der Waals surface area contributed by atoms with Crippen molar-refractivity contribution >= 4 is 23.3 Å². The number of nitrogens with one attached hydrogen (secondary N) is 2. The fraction of sp³-hybridized carbons (Fsp3) is 0.222. The Balaban J connectivity index is 1.75. The Labute approximate surface area is 151 Å². The van der Waals surface area contributed by atoms with Crippen molar-refractivity contribution in [1.82, 2.24) is 20.3 Å². The zero-order valence-electron chi connectivity index (χ0n) is 14.1. The molecule has 126 valence electrons. The summed E-state index contributed by atoms with van der Waals surface area (Å²) in [5, 5.41) is 18.8. The molecule has 0 saturated heterocycles. The van der Waals surface area contributed by atoms with Crippen molar-refractivity contribution in [1.29, 1.82) is 5.26 Å². The highest BCUT2D eigenvalue weighted by atomic mass is 32.2. The zero-order chi connectivity index (χ0) is 17.6. The average Bonchev–Trinajstić information content (AvgIpc) is 3.05. The molecule has 0 bridgehead atoms. The number of allylic oxidation sites excluding steroid dienone is 2. The number of thioether (sulfide) groups is 1. The number of rotatable bonds is 5. The Morgan fingerprint density at radius 3 is 2.92 bits per heavy atom. The number of hydrogen-bond acceptors (Lipinski definition) is 7. The van der Waals surface area contributed by atoms with E-state index >= 15 is 0 Å². The SMILES string of the molecule is CC1=CSC(=C(C#N)c2nc(NCCc3cccnc3)ncc2C)N1. The number of hydrogen-bond donors (Lipinski definition) is 2. The molecule has 1 aliphatic rings. The number of nitrogens with zero attached hydrogens (tertiary/aromatic N) is 4. The van der Waals surface area contributed by atoms with Crippen LogP contribution in [-0.4, -0.2) is 21.5 Å². The van der Waals surface area contributed by atoms with E-state index in [0.717, 1.165) is 28.3 Å². The van der Waals surface area contributed by atoms with Crippen molar-refractivity contribution in [3.63, 3.8) is 0 Å². The van der Waals surface area contributed by atoms with Crippen LogP contribution in [-0.2, 0) is 6.42 Å². The van der Waals surface area contributed by atoms with E-state index in [1.165, 1.54) is 11.8 Å². The minimum atomic E-state index is 0.519. The molecule has 3 heterocycles. The number of aromatic nitrogens is 3. The molecule has 0 aromatic carbocycles. The first-order valence-electron chi connectivity index (χ1n) is 7.89. The summed E-state index contributed by atoms with van der Waals surface area (Å²) in [6.07, 6.45) is 6.17. The van der Waals surface area contributed by atoms with Gasteiger partial charge in [-0.2, -0.15) is 5.26 Å². The van der Waals surface area contributed by atoms with Crippen molar-refractivity contribution in [3.05, 3.63) is 63.7 Å². The molecular formula is C18H18N6S. The highest BCUT2D eigenvalue weighted by molar-refractivity contribution is 8.06. The molecule has 0 aliphatic carbocycles. The number of pyridine rings is 1. The van der Waals surface area contributed by atoms with Crippen LogP contribution in [0.3, 0.4) is 0 Å². The Morgan fingerprint density at radius 2 is 2.24 bits per heavy atom. The summed E-state index contributed by atoms with van der Waals surface area (Å²) >= 11 is 1.50. The topological polar surface area (TPSA) is 86.5 Å². The molecule has 0 saturated carbocycles. The Bertz CT molecular complexity index is 867. The molecule has 0 unspecified atom stereocenters. The highest BCUT2D eigenvalue weighted by Crippen LogP contribution is 2.31. The van der Waals surface area contributed by atoms with Crippen molar-refractivity contribution in [2.45, 2.75) is 20.3 Å². The molecule has 0 fully saturated rings. The van der Waals surface area contributed by atoms with Gasteiger partial charge in [-0.3, -0.25) is 4.98 Å². The van der Waals surface area contributed by atoms with Crippen LogP contribution < -0.4 is 10.6 Å². The first-order chi connectivity index (χ1) is 12.2. The van der Waals surface area contributed by atoms with Crippen LogP contribution in [0, 0.1) is 18.3 Å². The van der Waals surface area contributed by atoms with Crippen molar-refractivity contribution in [3.8, 4) is 6.07 Å². The molecule has 6 nitrogen and oxygen atoms in total. The quantitative estimate of drug-likeness (QED) is 0.801. The van der Waals surface area contributed by atoms with Crippen LogP contribution in [0.4, 0.5) is 5.95 Å². The van der Waals surface area contributed by atoms with E-state index in [9.17, 15) is 5.26 Å². The van der Waals surface area contributed by atoms with Crippen LogP contribution in [0.15, 0.2) is 46.9 Å². The monoisotopic (exact) mass is 350 g/mol. The molecule has 0 atom stereocenters. The van der Waals surface area contributed by atoms with E-state index in [1.54, 1.807) is 12.4 Å². The van der Waals surface area contributed by atoms with E-state index in [1.807, 2.05) is 37.6 Å². The lowest BCUT2D eigenvalue weighted by Gasteiger charge is -2.10. The maximum atomic E-state index is 9.59. The Morgan fingerprint density at radius 1 is 1.36 bits per heavy atom. The molecule has 1 aliphatic heterocycles. The smallest absolute Gasteiger partial charge is 0.223 e. The van der Waals surface area contributed by atoms with E-state index < -0.39 is 0 Å². The largest absolute Gasteiger partial charge is 0.354 e. The maximum Gasteiger partial charge on any atom is 0.223 e. The highest BCUT2D eigenvalue weighted by Gasteiger charge is 2.17. The Kier molecular flexibility index (Phi) is 5.31. The summed E-state index contributed by atoms with van der Waals surface area (Å²) in [4.78, 5) is 13.0. The molecule has 7 heteroatoms. The van der Waals surface area contributed by atoms with E-state index in [-0.39, 0.29) is 0 Å². The zero-order valence-corrected chi connectivity index (χ0v) is 14.9. The lowest BCUT2D eigenvalue weighted by atomic mass is 10.1. The normalized spacial score (nSPS) is 15.2. The van der Waals surface area contributed by atoms with Crippen molar-refractivity contribution in [2.24, 2.45) is 0 Å². The first-order valence-corrected chi connectivity index (χ1v) is 8.77.